The number of hydrogen-bond acceptors (Lipinski definition) is 4. The van der Waals surface area contributed by atoms with Gasteiger partial charge >= 0.3 is 0 Å². The van der Waals surface area contributed by atoms with Gasteiger partial charge in [0, 0.05) is 13.1 Å². The Bertz CT molecular complexity index is 813. The number of likely N-dealkylation sites (N-methyl/N-ethyl adjacent to an activating group) is 1. The Morgan fingerprint density at radius 2 is 1.79 bits per heavy atom. The number of amides is 2. The molecule has 4 rings (SSSR count). The number of carbonyl (C=O) groups excluding carboxylic acids is 2. The van der Waals surface area contributed by atoms with Crippen molar-refractivity contribution in [2.45, 2.75) is 83.1 Å². The summed E-state index contributed by atoms with van der Waals surface area (Å²) in [4.78, 5) is 30.5. The van der Waals surface area contributed by atoms with Crippen LogP contribution in [-0.2, 0) is 16.0 Å². The summed E-state index contributed by atoms with van der Waals surface area (Å²) in [5.41, 5.74) is 0.953. The summed E-state index contributed by atoms with van der Waals surface area (Å²) in [5.74, 6) is 1.36. The largest absolute Gasteiger partial charge is 0.491 e. The summed E-state index contributed by atoms with van der Waals surface area (Å²) in [6.07, 6.45) is 13.0. The van der Waals surface area contributed by atoms with Crippen LogP contribution in [0.2, 0.25) is 0 Å². The lowest BCUT2D eigenvalue weighted by Crippen LogP contribution is -2.52. The zero-order valence-corrected chi connectivity index (χ0v) is 21.0. The highest BCUT2D eigenvalue weighted by Gasteiger charge is 2.41. The summed E-state index contributed by atoms with van der Waals surface area (Å²) in [6, 6.07) is 8.67. The van der Waals surface area contributed by atoms with Crippen molar-refractivity contribution < 1.29 is 14.3 Å². The summed E-state index contributed by atoms with van der Waals surface area (Å²) in [6.45, 7) is 3.15. The molecule has 6 heteroatoms. The third-order valence-corrected chi connectivity index (χ3v) is 8.39. The van der Waals surface area contributed by atoms with E-state index >= 15 is 0 Å². The first-order chi connectivity index (χ1) is 16.6. The molecule has 1 aromatic carbocycles. The van der Waals surface area contributed by atoms with Crippen LogP contribution in [0.15, 0.2) is 24.3 Å². The summed E-state index contributed by atoms with van der Waals surface area (Å²) >= 11 is 0. The van der Waals surface area contributed by atoms with E-state index in [-0.39, 0.29) is 17.2 Å². The fourth-order valence-electron chi connectivity index (χ4n) is 6.02. The minimum absolute atomic E-state index is 0.175. The standard InChI is InChI=1S/C28H43N3O3/c1-30(24-12-5-2-6-13-24)26(32)22-31-19-16-28(17-20-31)15-9-3-4-10-23-11-7-8-14-25(23)34-21-18-29-27(28)33/h7-8,11,14,24H,2-6,9-10,12-13,15-22H2,1H3,(H,29,33). The molecule has 3 aliphatic rings. The molecule has 2 heterocycles. The SMILES string of the molecule is CN(C(=O)CN1CCC2(CCCCCc3ccccc3OCCNC2=O)CC1)C1CCCCC1. The highest BCUT2D eigenvalue weighted by Crippen LogP contribution is 2.37. The molecule has 0 atom stereocenters. The molecular formula is C28H43N3O3. The topological polar surface area (TPSA) is 61.9 Å². The third-order valence-electron chi connectivity index (χ3n) is 8.39. The number of nitrogens with zero attached hydrogens (tertiary/aromatic N) is 2. The molecule has 1 aliphatic carbocycles. The Kier molecular flexibility index (Phi) is 8.87. The van der Waals surface area contributed by atoms with E-state index in [4.69, 9.17) is 4.74 Å². The van der Waals surface area contributed by atoms with Crippen LogP contribution in [0, 0.1) is 5.41 Å². The first-order valence-electron chi connectivity index (χ1n) is 13.5. The van der Waals surface area contributed by atoms with Gasteiger partial charge in [0.05, 0.1) is 18.5 Å². The van der Waals surface area contributed by atoms with E-state index < -0.39 is 0 Å². The predicted molar refractivity (Wildman–Crippen MR) is 135 cm³/mol. The lowest BCUT2D eigenvalue weighted by atomic mass is 9.73. The lowest BCUT2D eigenvalue weighted by molar-refractivity contribution is -0.137. The Morgan fingerprint density at radius 3 is 2.59 bits per heavy atom. The molecule has 6 nitrogen and oxygen atoms in total. The van der Waals surface area contributed by atoms with Crippen LogP contribution in [0.4, 0.5) is 0 Å². The van der Waals surface area contributed by atoms with Gasteiger partial charge in [0.25, 0.3) is 0 Å². The van der Waals surface area contributed by atoms with Crippen molar-refractivity contribution in [1.82, 2.24) is 15.1 Å². The van der Waals surface area contributed by atoms with E-state index in [2.05, 4.69) is 22.3 Å². The van der Waals surface area contributed by atoms with Crippen molar-refractivity contribution in [3.63, 3.8) is 0 Å². The van der Waals surface area contributed by atoms with Crippen LogP contribution in [0.25, 0.3) is 0 Å². The van der Waals surface area contributed by atoms with Crippen molar-refractivity contribution in [3.8, 4) is 5.75 Å². The van der Waals surface area contributed by atoms with Gasteiger partial charge in [-0.2, -0.15) is 0 Å². The van der Waals surface area contributed by atoms with Crippen LogP contribution in [0.1, 0.15) is 76.2 Å². The number of nitrogens with one attached hydrogen (secondary N) is 1. The second-order valence-electron chi connectivity index (χ2n) is 10.6. The van der Waals surface area contributed by atoms with Crippen LogP contribution in [0.5, 0.6) is 5.75 Å². The molecule has 188 valence electrons. The highest BCUT2D eigenvalue weighted by molar-refractivity contribution is 5.83. The molecule has 0 bridgehead atoms. The van der Waals surface area contributed by atoms with Crippen LogP contribution >= 0.6 is 0 Å². The quantitative estimate of drug-likeness (QED) is 0.722. The first-order valence-corrected chi connectivity index (χ1v) is 13.5. The maximum absolute atomic E-state index is 13.3. The van der Waals surface area contributed by atoms with Gasteiger partial charge < -0.3 is 15.0 Å². The van der Waals surface area contributed by atoms with Gasteiger partial charge in [-0.25, -0.2) is 0 Å². The third kappa shape index (κ3) is 6.32. The number of hydrogen-bond donors (Lipinski definition) is 1. The minimum Gasteiger partial charge on any atom is -0.491 e. The number of piperidine rings is 1. The van der Waals surface area contributed by atoms with Gasteiger partial charge in [-0.05, 0) is 69.7 Å². The summed E-state index contributed by atoms with van der Waals surface area (Å²) in [7, 11) is 1.98. The molecule has 1 aromatic rings. The molecule has 1 N–H and O–H groups in total. The van der Waals surface area contributed by atoms with E-state index in [1.807, 2.05) is 24.1 Å². The number of aryl methyl sites for hydroxylation is 1. The Hall–Kier alpha value is -2.08. The fraction of sp³-hybridized carbons (Fsp3) is 0.714. The number of rotatable bonds is 3. The molecule has 0 radical (unpaired) electrons. The highest BCUT2D eigenvalue weighted by atomic mass is 16.5. The number of benzene rings is 1. The maximum Gasteiger partial charge on any atom is 0.236 e. The predicted octanol–water partition coefficient (Wildman–Crippen LogP) is 4.17. The molecular weight excluding hydrogens is 426 g/mol. The van der Waals surface area contributed by atoms with Crippen LogP contribution < -0.4 is 10.1 Å². The van der Waals surface area contributed by atoms with Gasteiger partial charge in [0.2, 0.25) is 11.8 Å². The smallest absolute Gasteiger partial charge is 0.236 e. The monoisotopic (exact) mass is 469 g/mol. The molecule has 2 fully saturated rings. The number of likely N-dealkylation sites (tertiary alicyclic amines) is 1. The van der Waals surface area contributed by atoms with E-state index in [1.165, 1.54) is 24.8 Å². The van der Waals surface area contributed by atoms with Crippen molar-refractivity contribution in [2.24, 2.45) is 5.41 Å². The second-order valence-corrected chi connectivity index (χ2v) is 10.6. The van der Waals surface area contributed by atoms with Crippen molar-refractivity contribution in [1.29, 1.82) is 0 Å². The van der Waals surface area contributed by atoms with Gasteiger partial charge in [0.15, 0.2) is 0 Å². The average Bonchev–Trinajstić information content (AvgIpc) is 2.88. The summed E-state index contributed by atoms with van der Waals surface area (Å²) in [5, 5.41) is 3.17. The maximum atomic E-state index is 13.3. The number of carbonyl (C=O) groups is 2. The number of ether oxygens (including phenoxy) is 1. The molecule has 1 saturated heterocycles. The molecule has 0 unspecified atom stereocenters. The Labute approximate surface area is 205 Å². The molecule has 2 aliphatic heterocycles. The van der Waals surface area contributed by atoms with Crippen LogP contribution in [0.3, 0.4) is 0 Å². The molecule has 0 aromatic heterocycles. The number of fused-ring (bicyclic) bond motifs is 1. The van der Waals surface area contributed by atoms with Crippen molar-refractivity contribution in [3.05, 3.63) is 29.8 Å². The fourth-order valence-corrected chi connectivity index (χ4v) is 6.02. The van der Waals surface area contributed by atoms with E-state index in [0.29, 0.717) is 25.7 Å². The molecule has 34 heavy (non-hydrogen) atoms. The normalized spacial score (nSPS) is 22.9. The van der Waals surface area contributed by atoms with E-state index in [1.54, 1.807) is 0 Å². The zero-order chi connectivity index (χ0) is 23.8. The number of para-hydroxylation sites is 1. The molecule has 1 spiro atoms. The Morgan fingerprint density at radius 1 is 1.06 bits per heavy atom. The second kappa shape index (κ2) is 12.1. The van der Waals surface area contributed by atoms with Gasteiger partial charge in [-0.15, -0.1) is 0 Å². The van der Waals surface area contributed by atoms with Gasteiger partial charge in [-0.1, -0.05) is 50.3 Å². The zero-order valence-electron chi connectivity index (χ0n) is 21.0. The molecule has 2 amide bonds. The Balaban J connectivity index is 1.31. The summed E-state index contributed by atoms with van der Waals surface area (Å²) < 4.78 is 5.99. The molecule has 1 saturated carbocycles. The average molecular weight is 470 g/mol. The van der Waals surface area contributed by atoms with Crippen molar-refractivity contribution in [2.75, 3.05) is 39.8 Å². The van der Waals surface area contributed by atoms with Gasteiger partial charge in [0.1, 0.15) is 12.4 Å². The van der Waals surface area contributed by atoms with Gasteiger partial charge in [-0.3, -0.25) is 14.5 Å². The first kappa shape index (κ1) is 25.0. The lowest BCUT2D eigenvalue weighted by Gasteiger charge is -2.41. The minimum atomic E-state index is -0.310. The van der Waals surface area contributed by atoms with Crippen molar-refractivity contribution >= 4 is 11.8 Å². The van der Waals surface area contributed by atoms with E-state index in [0.717, 1.165) is 76.6 Å². The van der Waals surface area contributed by atoms with E-state index in [9.17, 15) is 9.59 Å². The van der Waals surface area contributed by atoms with Crippen LogP contribution in [-0.4, -0.2) is 67.5 Å².